The molecule has 0 spiro atoms. The summed E-state index contributed by atoms with van der Waals surface area (Å²) in [5, 5.41) is 9.48. The number of carboxylic acids is 1. The Morgan fingerprint density at radius 1 is 1.42 bits per heavy atom. The van der Waals surface area contributed by atoms with Crippen LogP contribution in [0.25, 0.3) is 0 Å². The van der Waals surface area contributed by atoms with Crippen molar-refractivity contribution in [2.24, 2.45) is 0 Å². The standard InChI is InChI=1S/C13H11ClN2O3/c1-7-2-3-8(14)6-10(7)19-12-11(15)9(13(17)18)4-5-16-12/h2-6H,15H2,1H3,(H,17,18). The highest BCUT2D eigenvalue weighted by atomic mass is 35.5. The third kappa shape index (κ3) is 2.77. The maximum atomic E-state index is 11.0. The topological polar surface area (TPSA) is 85.4 Å². The Labute approximate surface area is 114 Å². The monoisotopic (exact) mass is 278 g/mol. The number of aryl methyl sites for hydroxylation is 1. The lowest BCUT2D eigenvalue weighted by molar-refractivity contribution is 0.0697. The Kier molecular flexibility index (Phi) is 3.57. The average Bonchev–Trinajstić information content (AvgIpc) is 2.36. The van der Waals surface area contributed by atoms with E-state index in [1.165, 1.54) is 12.3 Å². The molecule has 98 valence electrons. The van der Waals surface area contributed by atoms with Crippen LogP contribution < -0.4 is 10.5 Å². The second-order valence-corrected chi connectivity index (χ2v) is 4.33. The van der Waals surface area contributed by atoms with Gasteiger partial charge in [0.15, 0.2) is 0 Å². The van der Waals surface area contributed by atoms with Gasteiger partial charge < -0.3 is 15.6 Å². The second kappa shape index (κ2) is 5.16. The molecule has 0 aliphatic carbocycles. The number of aromatic nitrogens is 1. The second-order valence-electron chi connectivity index (χ2n) is 3.89. The van der Waals surface area contributed by atoms with Crippen molar-refractivity contribution in [2.45, 2.75) is 6.92 Å². The van der Waals surface area contributed by atoms with Crippen LogP contribution >= 0.6 is 11.6 Å². The van der Waals surface area contributed by atoms with Crippen LogP contribution in [-0.2, 0) is 0 Å². The predicted molar refractivity (Wildman–Crippen MR) is 71.9 cm³/mol. The van der Waals surface area contributed by atoms with E-state index in [1.807, 2.05) is 6.92 Å². The van der Waals surface area contributed by atoms with Crippen molar-refractivity contribution in [1.82, 2.24) is 4.98 Å². The van der Waals surface area contributed by atoms with Crippen LogP contribution in [0.15, 0.2) is 30.5 Å². The highest BCUT2D eigenvalue weighted by molar-refractivity contribution is 6.30. The molecule has 0 saturated carbocycles. The molecule has 1 aromatic heterocycles. The van der Waals surface area contributed by atoms with Crippen molar-refractivity contribution in [2.75, 3.05) is 5.73 Å². The number of hydrogen-bond acceptors (Lipinski definition) is 4. The summed E-state index contributed by atoms with van der Waals surface area (Å²) in [5.41, 5.74) is 6.49. The van der Waals surface area contributed by atoms with Crippen LogP contribution in [0.5, 0.6) is 11.6 Å². The maximum Gasteiger partial charge on any atom is 0.338 e. The van der Waals surface area contributed by atoms with Crippen molar-refractivity contribution >= 4 is 23.3 Å². The van der Waals surface area contributed by atoms with Crippen LogP contribution in [0, 0.1) is 6.92 Å². The Morgan fingerprint density at radius 3 is 2.84 bits per heavy atom. The molecule has 0 radical (unpaired) electrons. The molecule has 2 rings (SSSR count). The van der Waals surface area contributed by atoms with Gasteiger partial charge in [0, 0.05) is 11.2 Å². The highest BCUT2D eigenvalue weighted by Crippen LogP contribution is 2.31. The van der Waals surface area contributed by atoms with E-state index in [4.69, 9.17) is 27.2 Å². The van der Waals surface area contributed by atoms with Crippen LogP contribution in [0.2, 0.25) is 5.02 Å². The number of pyridine rings is 1. The summed E-state index contributed by atoms with van der Waals surface area (Å²) >= 11 is 5.88. The summed E-state index contributed by atoms with van der Waals surface area (Å²) in [5.74, 6) is -0.605. The molecule has 6 heteroatoms. The Balaban J connectivity index is 2.41. The first kappa shape index (κ1) is 13.2. The normalized spacial score (nSPS) is 10.2. The van der Waals surface area contributed by atoms with Gasteiger partial charge in [0.1, 0.15) is 11.4 Å². The summed E-state index contributed by atoms with van der Waals surface area (Å²) in [6, 6.07) is 6.45. The molecule has 1 aromatic carbocycles. The fraction of sp³-hybridized carbons (Fsp3) is 0.0769. The molecular formula is C13H11ClN2O3. The molecule has 0 amide bonds. The van der Waals surface area contributed by atoms with Crippen molar-refractivity contribution < 1.29 is 14.6 Å². The van der Waals surface area contributed by atoms with Crippen LogP contribution in [0.4, 0.5) is 5.69 Å². The Bertz CT molecular complexity index is 644. The first-order chi connectivity index (χ1) is 8.99. The van der Waals surface area contributed by atoms with Gasteiger partial charge in [-0.05, 0) is 30.7 Å². The van der Waals surface area contributed by atoms with E-state index in [0.29, 0.717) is 10.8 Å². The summed E-state index contributed by atoms with van der Waals surface area (Å²) in [6.45, 7) is 1.84. The SMILES string of the molecule is Cc1ccc(Cl)cc1Oc1nccc(C(=O)O)c1N. The van der Waals surface area contributed by atoms with E-state index < -0.39 is 5.97 Å². The molecule has 19 heavy (non-hydrogen) atoms. The van der Waals surface area contributed by atoms with Gasteiger partial charge in [-0.15, -0.1) is 0 Å². The number of aromatic carboxylic acids is 1. The number of anilines is 1. The molecule has 3 N–H and O–H groups in total. The lowest BCUT2D eigenvalue weighted by Gasteiger charge is -2.11. The van der Waals surface area contributed by atoms with E-state index in [0.717, 1.165) is 5.56 Å². The van der Waals surface area contributed by atoms with E-state index in [1.54, 1.807) is 18.2 Å². The van der Waals surface area contributed by atoms with Crippen molar-refractivity contribution in [3.8, 4) is 11.6 Å². The molecule has 2 aromatic rings. The quantitative estimate of drug-likeness (QED) is 0.901. The summed E-state index contributed by atoms with van der Waals surface area (Å²) in [4.78, 5) is 14.9. The average molecular weight is 279 g/mol. The largest absolute Gasteiger partial charge is 0.478 e. The number of nitrogens with zero attached hydrogens (tertiary/aromatic N) is 1. The minimum absolute atomic E-state index is 0.0191. The molecule has 0 aliphatic heterocycles. The number of halogens is 1. The molecule has 0 bridgehead atoms. The number of hydrogen-bond donors (Lipinski definition) is 2. The lowest BCUT2D eigenvalue weighted by atomic mass is 10.2. The van der Waals surface area contributed by atoms with Gasteiger partial charge in [0.05, 0.1) is 5.56 Å². The zero-order valence-corrected chi connectivity index (χ0v) is 10.8. The van der Waals surface area contributed by atoms with Gasteiger partial charge in [-0.2, -0.15) is 0 Å². The summed E-state index contributed by atoms with van der Waals surface area (Å²) < 4.78 is 5.53. The minimum Gasteiger partial charge on any atom is -0.478 e. The number of ether oxygens (including phenoxy) is 1. The lowest BCUT2D eigenvalue weighted by Crippen LogP contribution is -2.05. The summed E-state index contributed by atoms with van der Waals surface area (Å²) in [7, 11) is 0. The predicted octanol–water partition coefficient (Wildman–Crippen LogP) is 3.12. The van der Waals surface area contributed by atoms with Crippen molar-refractivity contribution in [3.05, 3.63) is 46.6 Å². The van der Waals surface area contributed by atoms with Crippen LogP contribution in [-0.4, -0.2) is 16.1 Å². The molecule has 0 unspecified atom stereocenters. The van der Waals surface area contributed by atoms with Gasteiger partial charge in [0.25, 0.3) is 0 Å². The first-order valence-corrected chi connectivity index (χ1v) is 5.78. The third-order valence-corrected chi connectivity index (χ3v) is 2.78. The summed E-state index contributed by atoms with van der Waals surface area (Å²) in [6.07, 6.45) is 1.33. The van der Waals surface area contributed by atoms with E-state index in [9.17, 15) is 4.79 Å². The molecule has 0 atom stereocenters. The number of rotatable bonds is 3. The maximum absolute atomic E-state index is 11.0. The molecule has 0 aliphatic rings. The fourth-order valence-corrected chi connectivity index (χ4v) is 1.67. The van der Waals surface area contributed by atoms with Gasteiger partial charge in [-0.3, -0.25) is 0 Å². The molecule has 0 fully saturated rings. The number of benzene rings is 1. The van der Waals surface area contributed by atoms with E-state index >= 15 is 0 Å². The molecule has 5 nitrogen and oxygen atoms in total. The van der Waals surface area contributed by atoms with Gasteiger partial charge in [0.2, 0.25) is 5.88 Å². The molecule has 0 saturated heterocycles. The van der Waals surface area contributed by atoms with E-state index in [-0.39, 0.29) is 17.1 Å². The zero-order valence-electron chi connectivity index (χ0n) is 10.1. The Hall–Kier alpha value is -2.27. The zero-order chi connectivity index (χ0) is 14.0. The smallest absolute Gasteiger partial charge is 0.338 e. The van der Waals surface area contributed by atoms with Gasteiger partial charge in [-0.25, -0.2) is 9.78 Å². The number of carbonyl (C=O) groups is 1. The van der Waals surface area contributed by atoms with Crippen LogP contribution in [0.1, 0.15) is 15.9 Å². The number of nitrogens with two attached hydrogens (primary N) is 1. The highest BCUT2D eigenvalue weighted by Gasteiger charge is 2.14. The molecule has 1 heterocycles. The third-order valence-electron chi connectivity index (χ3n) is 2.54. The molecular weight excluding hydrogens is 268 g/mol. The fourth-order valence-electron chi connectivity index (χ4n) is 1.51. The van der Waals surface area contributed by atoms with Gasteiger partial charge >= 0.3 is 5.97 Å². The van der Waals surface area contributed by atoms with Crippen molar-refractivity contribution in [3.63, 3.8) is 0 Å². The Morgan fingerprint density at radius 2 is 2.16 bits per heavy atom. The number of carboxylic acid groups (broad SMARTS) is 1. The van der Waals surface area contributed by atoms with Gasteiger partial charge in [-0.1, -0.05) is 17.7 Å². The van der Waals surface area contributed by atoms with Crippen molar-refractivity contribution in [1.29, 1.82) is 0 Å². The number of nitrogen functional groups attached to an aromatic ring is 1. The van der Waals surface area contributed by atoms with Crippen LogP contribution in [0.3, 0.4) is 0 Å². The van der Waals surface area contributed by atoms with E-state index in [2.05, 4.69) is 4.98 Å². The first-order valence-electron chi connectivity index (χ1n) is 5.41. The minimum atomic E-state index is -1.13.